The van der Waals surface area contributed by atoms with E-state index >= 15 is 0 Å². The van der Waals surface area contributed by atoms with Crippen LogP contribution < -0.4 is 15.0 Å². The molecule has 1 aliphatic rings. The Bertz CT molecular complexity index is 613. The molecule has 1 aromatic carbocycles. The molecular weight excluding hydrogens is 296 g/mol. The van der Waals surface area contributed by atoms with Crippen LogP contribution in [0.5, 0.6) is 5.75 Å². The molecule has 6 heteroatoms. The Morgan fingerprint density at radius 3 is 2.78 bits per heavy atom. The molecule has 23 heavy (non-hydrogen) atoms. The number of carbonyl (C=O) groups excluding carboxylic acids is 3. The van der Waals surface area contributed by atoms with Crippen LogP contribution in [0, 0.1) is 0 Å². The third kappa shape index (κ3) is 4.31. The Hall–Kier alpha value is -2.37. The summed E-state index contributed by atoms with van der Waals surface area (Å²) >= 11 is 0. The molecule has 124 valence electrons. The molecule has 1 N–H and O–H groups in total. The van der Waals surface area contributed by atoms with Crippen LogP contribution in [0.1, 0.15) is 43.5 Å². The van der Waals surface area contributed by atoms with Crippen molar-refractivity contribution in [2.24, 2.45) is 0 Å². The van der Waals surface area contributed by atoms with Crippen LogP contribution in [0.2, 0.25) is 0 Å². The van der Waals surface area contributed by atoms with Crippen LogP contribution in [0.15, 0.2) is 18.2 Å². The molecule has 0 saturated carbocycles. The van der Waals surface area contributed by atoms with Crippen molar-refractivity contribution >= 4 is 23.3 Å². The van der Waals surface area contributed by atoms with E-state index in [2.05, 4.69) is 12.2 Å². The summed E-state index contributed by atoms with van der Waals surface area (Å²) in [5.41, 5.74) is 0.952. The van der Waals surface area contributed by atoms with Gasteiger partial charge in [0.25, 0.3) is 5.91 Å². The van der Waals surface area contributed by atoms with Crippen molar-refractivity contribution in [2.75, 3.05) is 24.6 Å². The molecular formula is C17H22N2O4. The predicted octanol–water partition coefficient (Wildman–Crippen LogP) is 1.92. The Balaban J connectivity index is 2.09. The highest BCUT2D eigenvalue weighted by atomic mass is 16.5. The van der Waals surface area contributed by atoms with Gasteiger partial charge in [-0.1, -0.05) is 19.8 Å². The van der Waals surface area contributed by atoms with Crippen molar-refractivity contribution < 1.29 is 19.1 Å². The zero-order valence-corrected chi connectivity index (χ0v) is 13.6. The minimum atomic E-state index is -0.290. The average Bonchev–Trinajstić information content (AvgIpc) is 2.53. The van der Waals surface area contributed by atoms with Crippen LogP contribution in [-0.4, -0.2) is 37.3 Å². The number of carbonyl (C=O) groups is 3. The summed E-state index contributed by atoms with van der Waals surface area (Å²) < 4.78 is 5.36. The number of nitrogens with one attached hydrogen (secondary N) is 1. The minimum absolute atomic E-state index is 0.0668. The zero-order chi connectivity index (χ0) is 16.8. The maximum atomic E-state index is 12.1. The Morgan fingerprint density at radius 2 is 2.09 bits per heavy atom. The summed E-state index contributed by atoms with van der Waals surface area (Å²) in [5.74, 6) is -0.0967. The molecule has 2 amide bonds. The first kappa shape index (κ1) is 17.0. The normalized spacial score (nSPS) is 13.3. The SMILES string of the molecule is CCCCCNC(=O)CN1C(=O)COc2ccc(C(C)=O)cc21. The number of unbranched alkanes of at least 4 members (excludes halogenated alkanes) is 2. The Kier molecular flexibility index (Phi) is 5.73. The lowest BCUT2D eigenvalue weighted by Gasteiger charge is -2.29. The third-order valence-electron chi connectivity index (χ3n) is 3.71. The first-order valence-corrected chi connectivity index (χ1v) is 7.87. The van der Waals surface area contributed by atoms with Gasteiger partial charge in [-0.3, -0.25) is 19.3 Å². The van der Waals surface area contributed by atoms with Crippen molar-refractivity contribution in [1.82, 2.24) is 5.32 Å². The van der Waals surface area contributed by atoms with Crippen molar-refractivity contribution in [3.8, 4) is 5.75 Å². The molecule has 0 saturated heterocycles. The molecule has 0 bridgehead atoms. The molecule has 0 radical (unpaired) electrons. The van der Waals surface area contributed by atoms with E-state index in [4.69, 9.17) is 4.74 Å². The molecule has 0 atom stereocenters. The number of ether oxygens (including phenoxy) is 1. The lowest BCUT2D eigenvalue weighted by molar-refractivity contribution is -0.125. The maximum absolute atomic E-state index is 12.1. The zero-order valence-electron chi connectivity index (χ0n) is 13.6. The molecule has 1 aliphatic heterocycles. The van der Waals surface area contributed by atoms with E-state index in [1.807, 2.05) is 0 Å². The summed E-state index contributed by atoms with van der Waals surface area (Å²) in [5, 5.41) is 2.81. The van der Waals surface area contributed by atoms with Gasteiger partial charge in [0.1, 0.15) is 12.3 Å². The number of Topliss-reactive ketones (excluding diaryl/α,β-unsaturated/α-hetero) is 1. The molecule has 0 aliphatic carbocycles. The summed E-state index contributed by atoms with van der Waals surface area (Å²) in [6, 6.07) is 4.91. The van der Waals surface area contributed by atoms with Gasteiger partial charge in [0, 0.05) is 12.1 Å². The number of hydrogen-bond acceptors (Lipinski definition) is 4. The van der Waals surface area contributed by atoms with Gasteiger partial charge in [0.2, 0.25) is 5.91 Å². The van der Waals surface area contributed by atoms with E-state index < -0.39 is 0 Å². The van der Waals surface area contributed by atoms with E-state index in [0.717, 1.165) is 19.3 Å². The second-order valence-corrected chi connectivity index (χ2v) is 5.56. The quantitative estimate of drug-likeness (QED) is 0.615. The largest absolute Gasteiger partial charge is 0.482 e. The maximum Gasteiger partial charge on any atom is 0.265 e. The summed E-state index contributed by atoms with van der Waals surface area (Å²) in [7, 11) is 0. The van der Waals surface area contributed by atoms with Crippen LogP contribution in [-0.2, 0) is 9.59 Å². The first-order chi connectivity index (χ1) is 11.0. The monoisotopic (exact) mass is 318 g/mol. The summed E-state index contributed by atoms with van der Waals surface area (Å²) in [4.78, 5) is 37.0. The molecule has 1 aromatic rings. The van der Waals surface area contributed by atoms with E-state index in [1.165, 1.54) is 11.8 Å². The van der Waals surface area contributed by atoms with Gasteiger partial charge in [-0.25, -0.2) is 0 Å². The number of fused-ring (bicyclic) bond motifs is 1. The van der Waals surface area contributed by atoms with Gasteiger partial charge in [-0.2, -0.15) is 0 Å². The second kappa shape index (κ2) is 7.76. The van der Waals surface area contributed by atoms with Gasteiger partial charge < -0.3 is 10.1 Å². The third-order valence-corrected chi connectivity index (χ3v) is 3.71. The first-order valence-electron chi connectivity index (χ1n) is 7.87. The fourth-order valence-corrected chi connectivity index (χ4v) is 2.40. The average molecular weight is 318 g/mol. The number of amides is 2. The highest BCUT2D eigenvalue weighted by Gasteiger charge is 2.27. The standard InChI is InChI=1S/C17H22N2O4/c1-3-4-5-8-18-16(21)10-19-14-9-13(12(2)20)6-7-15(14)23-11-17(19)22/h6-7,9H,3-5,8,10-11H2,1-2H3,(H,18,21). The Labute approximate surface area is 135 Å². The smallest absolute Gasteiger partial charge is 0.265 e. The van der Waals surface area contributed by atoms with Gasteiger partial charge in [0.05, 0.1) is 5.69 Å². The second-order valence-electron chi connectivity index (χ2n) is 5.56. The fraction of sp³-hybridized carbons (Fsp3) is 0.471. The molecule has 0 fully saturated rings. The van der Waals surface area contributed by atoms with Crippen molar-refractivity contribution in [2.45, 2.75) is 33.1 Å². The molecule has 2 rings (SSSR count). The lowest BCUT2D eigenvalue weighted by Crippen LogP contribution is -2.45. The summed E-state index contributed by atoms with van der Waals surface area (Å²) in [6.07, 6.45) is 3.06. The van der Waals surface area contributed by atoms with E-state index in [0.29, 0.717) is 23.5 Å². The van der Waals surface area contributed by atoms with Gasteiger partial charge in [0.15, 0.2) is 12.4 Å². The van der Waals surface area contributed by atoms with Gasteiger partial charge in [-0.05, 0) is 31.5 Å². The molecule has 0 unspecified atom stereocenters. The molecule has 0 aromatic heterocycles. The highest BCUT2D eigenvalue weighted by molar-refractivity contribution is 6.04. The van der Waals surface area contributed by atoms with Crippen molar-refractivity contribution in [3.05, 3.63) is 23.8 Å². The topological polar surface area (TPSA) is 75.7 Å². The number of anilines is 1. The van der Waals surface area contributed by atoms with E-state index in [-0.39, 0.29) is 30.7 Å². The fourth-order valence-electron chi connectivity index (χ4n) is 2.40. The number of rotatable bonds is 7. The van der Waals surface area contributed by atoms with Gasteiger partial charge >= 0.3 is 0 Å². The molecule has 0 spiro atoms. The van der Waals surface area contributed by atoms with Gasteiger partial charge in [-0.15, -0.1) is 0 Å². The number of hydrogen-bond donors (Lipinski definition) is 1. The van der Waals surface area contributed by atoms with E-state index in [1.54, 1.807) is 18.2 Å². The van der Waals surface area contributed by atoms with E-state index in [9.17, 15) is 14.4 Å². The minimum Gasteiger partial charge on any atom is -0.482 e. The van der Waals surface area contributed by atoms with Crippen LogP contribution in [0.3, 0.4) is 0 Å². The predicted molar refractivity (Wildman–Crippen MR) is 86.8 cm³/mol. The van der Waals surface area contributed by atoms with Crippen LogP contribution in [0.4, 0.5) is 5.69 Å². The van der Waals surface area contributed by atoms with Crippen molar-refractivity contribution in [3.63, 3.8) is 0 Å². The lowest BCUT2D eigenvalue weighted by atomic mass is 10.1. The van der Waals surface area contributed by atoms with Crippen LogP contribution in [0.25, 0.3) is 0 Å². The summed E-state index contributed by atoms with van der Waals surface area (Å²) in [6.45, 7) is 3.99. The molecule has 6 nitrogen and oxygen atoms in total. The van der Waals surface area contributed by atoms with Crippen molar-refractivity contribution in [1.29, 1.82) is 0 Å². The molecule has 1 heterocycles. The highest BCUT2D eigenvalue weighted by Crippen LogP contribution is 2.32. The van der Waals surface area contributed by atoms with Crippen LogP contribution >= 0.6 is 0 Å². The number of nitrogens with zero attached hydrogens (tertiary/aromatic N) is 1. The number of benzene rings is 1. The Morgan fingerprint density at radius 1 is 1.30 bits per heavy atom. The number of ketones is 1.